The Labute approximate surface area is 178 Å². The summed E-state index contributed by atoms with van der Waals surface area (Å²) < 4.78 is 0. The highest BCUT2D eigenvalue weighted by Gasteiger charge is 2.26. The Morgan fingerprint density at radius 2 is 1.93 bits per heavy atom. The van der Waals surface area contributed by atoms with Gasteiger partial charge in [0.15, 0.2) is 0 Å². The maximum atomic E-state index is 12.4. The molecule has 8 nitrogen and oxygen atoms in total. The zero-order chi connectivity index (χ0) is 21.0. The number of benzene rings is 1. The number of nitrogens with zero attached hydrogens (tertiary/aromatic N) is 3. The summed E-state index contributed by atoms with van der Waals surface area (Å²) >= 11 is 12.0. The van der Waals surface area contributed by atoms with Crippen LogP contribution in [0, 0.1) is 0 Å². The number of nitrogens with one attached hydrogen (secondary N) is 1. The van der Waals surface area contributed by atoms with Crippen molar-refractivity contribution in [2.45, 2.75) is 31.7 Å². The smallest absolute Gasteiger partial charge is 0.256 e. The van der Waals surface area contributed by atoms with Gasteiger partial charge in [0.05, 0.1) is 0 Å². The van der Waals surface area contributed by atoms with Crippen molar-refractivity contribution in [2.75, 3.05) is 23.7 Å². The fraction of sp³-hybridized carbons (Fsp3) is 0.368. The lowest BCUT2D eigenvalue weighted by molar-refractivity contribution is -0.121. The van der Waals surface area contributed by atoms with E-state index in [0.717, 1.165) is 18.4 Å². The molecule has 29 heavy (non-hydrogen) atoms. The Hall–Kier alpha value is -2.58. The van der Waals surface area contributed by atoms with Crippen LogP contribution in [0.1, 0.15) is 35.2 Å². The number of hydrogen-bond donors (Lipinski definition) is 3. The molecule has 0 saturated carbocycles. The predicted octanol–water partition coefficient (Wildman–Crippen LogP) is 2.18. The molecule has 2 amide bonds. The van der Waals surface area contributed by atoms with Gasteiger partial charge in [0.2, 0.25) is 5.91 Å². The van der Waals surface area contributed by atoms with Crippen LogP contribution in [0.15, 0.2) is 24.5 Å². The van der Waals surface area contributed by atoms with Crippen LogP contribution < -0.4 is 21.7 Å². The molecule has 10 heteroatoms. The van der Waals surface area contributed by atoms with E-state index in [2.05, 4.69) is 15.3 Å². The molecule has 3 rings (SSSR count). The lowest BCUT2D eigenvalue weighted by atomic mass is 10.0. The highest BCUT2D eigenvalue weighted by molar-refractivity contribution is 6.34. The molecular weight excluding hydrogens is 415 g/mol. The van der Waals surface area contributed by atoms with Crippen LogP contribution in [0.5, 0.6) is 0 Å². The number of aryl methyl sites for hydroxylation is 1. The lowest BCUT2D eigenvalue weighted by Gasteiger charge is -2.34. The standard InChI is InChI=1S/C19H22Cl2N6O2/c20-12-6-11(7-13(21)8-12)3-4-15(28)26-14-2-1-5-27(9-14)19-16(18(23)29)17(22)24-10-25-19/h6-8,10,14H,1-5,9H2,(H2,23,29)(H,26,28)(H2,22,24,25)/t14-/m1/s1. The summed E-state index contributed by atoms with van der Waals surface area (Å²) in [6.07, 6.45) is 3.82. The number of carbonyl (C=O) groups is 2. The zero-order valence-electron chi connectivity index (χ0n) is 15.7. The van der Waals surface area contributed by atoms with Gasteiger partial charge in [-0.15, -0.1) is 0 Å². The normalized spacial score (nSPS) is 16.5. The van der Waals surface area contributed by atoms with E-state index in [1.165, 1.54) is 6.33 Å². The van der Waals surface area contributed by atoms with E-state index in [1.54, 1.807) is 18.2 Å². The van der Waals surface area contributed by atoms with Crippen molar-refractivity contribution in [3.63, 3.8) is 0 Å². The highest BCUT2D eigenvalue weighted by atomic mass is 35.5. The second-order valence-electron chi connectivity index (χ2n) is 6.95. The van der Waals surface area contributed by atoms with Gasteiger partial charge in [-0.1, -0.05) is 23.2 Å². The van der Waals surface area contributed by atoms with E-state index in [9.17, 15) is 9.59 Å². The van der Waals surface area contributed by atoms with Gasteiger partial charge < -0.3 is 21.7 Å². The quantitative estimate of drug-likeness (QED) is 0.636. The second-order valence-corrected chi connectivity index (χ2v) is 7.83. The van der Waals surface area contributed by atoms with Crippen LogP contribution in [0.25, 0.3) is 0 Å². The van der Waals surface area contributed by atoms with Crippen molar-refractivity contribution in [1.82, 2.24) is 15.3 Å². The summed E-state index contributed by atoms with van der Waals surface area (Å²) in [5, 5.41) is 4.14. The van der Waals surface area contributed by atoms with E-state index >= 15 is 0 Å². The summed E-state index contributed by atoms with van der Waals surface area (Å²) in [4.78, 5) is 34.1. The van der Waals surface area contributed by atoms with E-state index in [-0.39, 0.29) is 23.3 Å². The Morgan fingerprint density at radius 1 is 1.21 bits per heavy atom. The van der Waals surface area contributed by atoms with Gasteiger partial charge in [-0.2, -0.15) is 0 Å². The van der Waals surface area contributed by atoms with Gasteiger partial charge in [-0.05, 0) is 43.0 Å². The average molecular weight is 437 g/mol. The molecule has 1 aromatic heterocycles. The first-order valence-electron chi connectivity index (χ1n) is 9.23. The molecule has 1 aromatic carbocycles. The third-order valence-electron chi connectivity index (χ3n) is 4.75. The number of aromatic nitrogens is 2. The second kappa shape index (κ2) is 9.28. The molecule has 5 N–H and O–H groups in total. The van der Waals surface area contributed by atoms with Gasteiger partial charge >= 0.3 is 0 Å². The Morgan fingerprint density at radius 3 is 2.62 bits per heavy atom. The topological polar surface area (TPSA) is 127 Å². The Bertz CT molecular complexity index is 903. The van der Waals surface area contributed by atoms with Crippen LogP contribution in [0.3, 0.4) is 0 Å². The molecule has 0 spiro atoms. The average Bonchev–Trinajstić information content (AvgIpc) is 2.65. The number of amides is 2. The SMILES string of the molecule is NC(=O)c1c(N)ncnc1N1CCC[C@@H](NC(=O)CCc2cc(Cl)cc(Cl)c2)C1. The summed E-state index contributed by atoms with van der Waals surface area (Å²) in [6, 6.07) is 5.18. The van der Waals surface area contributed by atoms with E-state index in [1.807, 2.05) is 4.90 Å². The number of piperidine rings is 1. The summed E-state index contributed by atoms with van der Waals surface area (Å²) in [5.74, 6) is -0.291. The van der Waals surface area contributed by atoms with Gasteiger partial charge in [-0.3, -0.25) is 9.59 Å². The van der Waals surface area contributed by atoms with Crippen LogP contribution in [-0.4, -0.2) is 40.9 Å². The van der Waals surface area contributed by atoms with Crippen LogP contribution in [-0.2, 0) is 11.2 Å². The first kappa shape index (κ1) is 21.1. The van der Waals surface area contributed by atoms with Crippen molar-refractivity contribution >= 4 is 46.7 Å². The fourth-order valence-corrected chi connectivity index (χ4v) is 4.04. The molecule has 2 aromatic rings. The summed E-state index contributed by atoms with van der Waals surface area (Å²) in [5.41, 5.74) is 12.2. The minimum Gasteiger partial charge on any atom is -0.383 e. The van der Waals surface area contributed by atoms with Crippen molar-refractivity contribution in [2.24, 2.45) is 5.73 Å². The third kappa shape index (κ3) is 5.48. The largest absolute Gasteiger partial charge is 0.383 e. The monoisotopic (exact) mass is 436 g/mol. The fourth-order valence-electron chi connectivity index (χ4n) is 3.47. The highest BCUT2D eigenvalue weighted by Crippen LogP contribution is 2.24. The molecule has 154 valence electrons. The van der Waals surface area contributed by atoms with E-state index in [0.29, 0.717) is 41.8 Å². The maximum absolute atomic E-state index is 12.4. The number of halogens is 2. The number of carbonyl (C=O) groups excluding carboxylic acids is 2. The predicted molar refractivity (Wildman–Crippen MR) is 113 cm³/mol. The number of nitrogens with two attached hydrogens (primary N) is 2. The van der Waals surface area contributed by atoms with E-state index < -0.39 is 5.91 Å². The molecule has 1 aliphatic rings. The number of primary amides is 1. The van der Waals surface area contributed by atoms with Crippen molar-refractivity contribution in [3.8, 4) is 0 Å². The third-order valence-corrected chi connectivity index (χ3v) is 5.19. The summed E-state index contributed by atoms with van der Waals surface area (Å²) in [7, 11) is 0. The van der Waals surface area contributed by atoms with Crippen molar-refractivity contribution in [1.29, 1.82) is 0 Å². The van der Waals surface area contributed by atoms with E-state index in [4.69, 9.17) is 34.7 Å². The molecule has 0 unspecified atom stereocenters. The Balaban J connectivity index is 1.61. The molecule has 0 aliphatic carbocycles. The molecule has 1 atom stereocenters. The summed E-state index contributed by atoms with van der Waals surface area (Å²) in [6.45, 7) is 1.19. The van der Waals surface area contributed by atoms with Crippen LogP contribution in [0.4, 0.5) is 11.6 Å². The van der Waals surface area contributed by atoms with Gasteiger partial charge in [0.1, 0.15) is 23.5 Å². The van der Waals surface area contributed by atoms with Gasteiger partial charge in [-0.25, -0.2) is 9.97 Å². The first-order chi connectivity index (χ1) is 13.8. The van der Waals surface area contributed by atoms with Crippen molar-refractivity contribution < 1.29 is 9.59 Å². The number of hydrogen-bond acceptors (Lipinski definition) is 6. The minimum absolute atomic E-state index is 0.0499. The maximum Gasteiger partial charge on any atom is 0.256 e. The molecule has 0 bridgehead atoms. The van der Waals surface area contributed by atoms with Crippen molar-refractivity contribution in [3.05, 3.63) is 45.7 Å². The molecule has 1 fully saturated rings. The van der Waals surface area contributed by atoms with Gasteiger partial charge in [0.25, 0.3) is 5.91 Å². The zero-order valence-corrected chi connectivity index (χ0v) is 17.2. The van der Waals surface area contributed by atoms with Gasteiger partial charge in [0, 0.05) is 35.6 Å². The van der Waals surface area contributed by atoms with Crippen LogP contribution >= 0.6 is 23.2 Å². The molecular formula is C19H22Cl2N6O2. The van der Waals surface area contributed by atoms with Crippen LogP contribution in [0.2, 0.25) is 10.0 Å². The minimum atomic E-state index is -0.676. The lowest BCUT2D eigenvalue weighted by Crippen LogP contribution is -2.48. The number of nitrogen functional groups attached to an aromatic ring is 1. The Kier molecular flexibility index (Phi) is 6.76. The molecule has 2 heterocycles. The molecule has 1 saturated heterocycles. The number of rotatable bonds is 6. The number of anilines is 2. The molecule has 0 radical (unpaired) electrons. The molecule has 1 aliphatic heterocycles. The first-order valence-corrected chi connectivity index (χ1v) is 9.98.